The Balaban J connectivity index is 1.35. The Bertz CT molecular complexity index is 1530. The summed E-state index contributed by atoms with van der Waals surface area (Å²) in [6.07, 6.45) is 8.96. The first kappa shape index (κ1) is 30.1. The molecule has 0 bridgehead atoms. The minimum absolute atomic E-state index is 0.112. The molecule has 1 amide bonds. The van der Waals surface area contributed by atoms with Crippen molar-refractivity contribution in [2.75, 3.05) is 42.1 Å². The van der Waals surface area contributed by atoms with E-state index in [9.17, 15) is 4.79 Å². The molecule has 12 nitrogen and oxygen atoms in total. The fourth-order valence-electron chi connectivity index (χ4n) is 5.54. The topological polar surface area (TPSA) is 175 Å². The van der Waals surface area contributed by atoms with Crippen LogP contribution in [-0.4, -0.2) is 68.7 Å². The van der Waals surface area contributed by atoms with Crippen molar-refractivity contribution in [3.8, 4) is 0 Å². The Labute approximate surface area is 252 Å². The Morgan fingerprint density at radius 2 is 1.77 bits per heavy atom. The summed E-state index contributed by atoms with van der Waals surface area (Å²) in [5.74, 6) is 1.08. The number of anilines is 4. The van der Waals surface area contributed by atoms with Gasteiger partial charge in [-0.1, -0.05) is 33.3 Å². The highest BCUT2D eigenvalue weighted by atomic mass is 16.1. The van der Waals surface area contributed by atoms with E-state index >= 15 is 0 Å². The Kier molecular flexibility index (Phi) is 8.77. The third-order valence-corrected chi connectivity index (χ3v) is 8.27. The molecule has 43 heavy (non-hydrogen) atoms. The van der Waals surface area contributed by atoms with Crippen LogP contribution in [0.3, 0.4) is 0 Å². The normalized spacial score (nSPS) is 17.2. The summed E-state index contributed by atoms with van der Waals surface area (Å²) in [5.41, 5.74) is 15.3. The standard InChI is InChI=1S/C31H43N11O/c1-19-8-9-20(29(43)38-24(33)17-23(32)31(2,3)4)16-22(19)37-28-26-25(35-18-36-28)27(34)40-30(39-26)42-14-10-21(11-15-42)41-12-6-5-7-13-41/h8-9,16-18,21,32H,5-7,10-15,33H2,1-4H3,(H,38,43)(H2,34,39,40)(H,35,36,37)/b24-17+,32-23?. The van der Waals surface area contributed by atoms with E-state index < -0.39 is 0 Å². The number of fused-ring (bicyclic) bond motifs is 1. The molecule has 0 unspecified atom stereocenters. The molecule has 4 heterocycles. The predicted molar refractivity (Wildman–Crippen MR) is 172 cm³/mol. The van der Waals surface area contributed by atoms with E-state index in [2.05, 4.69) is 35.4 Å². The van der Waals surface area contributed by atoms with Gasteiger partial charge in [0.15, 0.2) is 11.6 Å². The fourth-order valence-corrected chi connectivity index (χ4v) is 5.54. The summed E-state index contributed by atoms with van der Waals surface area (Å²) < 4.78 is 0. The second kappa shape index (κ2) is 12.5. The molecule has 3 aromatic rings. The lowest BCUT2D eigenvalue weighted by Crippen LogP contribution is -2.47. The number of benzene rings is 1. The van der Waals surface area contributed by atoms with Gasteiger partial charge in [-0.3, -0.25) is 4.79 Å². The molecule has 2 aromatic heterocycles. The van der Waals surface area contributed by atoms with Crippen molar-refractivity contribution in [1.29, 1.82) is 5.41 Å². The molecule has 0 saturated carbocycles. The summed E-state index contributed by atoms with van der Waals surface area (Å²) in [6.45, 7) is 11.8. The Morgan fingerprint density at radius 3 is 2.47 bits per heavy atom. The number of amides is 1. The van der Waals surface area contributed by atoms with Crippen LogP contribution in [0, 0.1) is 17.7 Å². The lowest BCUT2D eigenvalue weighted by molar-refractivity contribution is 0.0965. The first-order chi connectivity index (χ1) is 20.5. The third-order valence-electron chi connectivity index (χ3n) is 8.27. The number of allylic oxidation sites excluding steroid dienone is 1. The van der Waals surface area contributed by atoms with Crippen LogP contribution < -0.4 is 27.0 Å². The van der Waals surface area contributed by atoms with Crippen molar-refractivity contribution in [3.63, 3.8) is 0 Å². The van der Waals surface area contributed by atoms with Gasteiger partial charge in [-0.25, -0.2) is 15.0 Å². The number of carbonyl (C=O) groups excluding carboxylic acids is 1. The molecule has 12 heteroatoms. The van der Waals surface area contributed by atoms with E-state index in [-0.39, 0.29) is 17.1 Å². The lowest BCUT2D eigenvalue weighted by atomic mass is 9.90. The van der Waals surface area contributed by atoms with Crippen LogP contribution in [0.1, 0.15) is 68.8 Å². The second-order valence-electron chi connectivity index (χ2n) is 12.5. The first-order valence-electron chi connectivity index (χ1n) is 15.0. The zero-order chi connectivity index (χ0) is 30.7. The molecule has 0 atom stereocenters. The molecule has 7 N–H and O–H groups in total. The van der Waals surface area contributed by atoms with Crippen LogP contribution in [0.25, 0.3) is 11.0 Å². The number of piperidine rings is 2. The van der Waals surface area contributed by atoms with Crippen molar-refractivity contribution in [3.05, 3.63) is 47.6 Å². The van der Waals surface area contributed by atoms with Crippen LogP contribution in [-0.2, 0) is 0 Å². The average molecular weight is 586 g/mol. The zero-order valence-corrected chi connectivity index (χ0v) is 25.6. The number of hydrogen-bond donors (Lipinski definition) is 5. The number of aryl methyl sites for hydroxylation is 1. The van der Waals surface area contributed by atoms with Crippen LogP contribution in [0.4, 0.5) is 23.3 Å². The summed E-state index contributed by atoms with van der Waals surface area (Å²) >= 11 is 0. The number of nitrogens with one attached hydrogen (secondary N) is 3. The number of nitrogens with two attached hydrogens (primary N) is 2. The smallest absolute Gasteiger partial charge is 0.256 e. The van der Waals surface area contributed by atoms with Crippen molar-refractivity contribution < 1.29 is 4.79 Å². The minimum atomic E-state index is -0.382. The van der Waals surface area contributed by atoms with E-state index in [0.29, 0.717) is 51.6 Å². The van der Waals surface area contributed by atoms with Crippen LogP contribution in [0.5, 0.6) is 0 Å². The Hall–Kier alpha value is -4.32. The quantitative estimate of drug-likeness (QED) is 0.254. The van der Waals surface area contributed by atoms with E-state index in [4.69, 9.17) is 21.9 Å². The molecule has 0 aliphatic carbocycles. The van der Waals surface area contributed by atoms with Gasteiger partial charge in [-0.15, -0.1) is 0 Å². The summed E-state index contributed by atoms with van der Waals surface area (Å²) in [6, 6.07) is 5.91. The maximum Gasteiger partial charge on any atom is 0.256 e. The number of likely N-dealkylation sites (tertiary alicyclic amines) is 1. The lowest BCUT2D eigenvalue weighted by Gasteiger charge is -2.40. The van der Waals surface area contributed by atoms with Crippen LogP contribution >= 0.6 is 0 Å². The van der Waals surface area contributed by atoms with Gasteiger partial charge in [0.25, 0.3) is 5.91 Å². The van der Waals surface area contributed by atoms with Gasteiger partial charge in [0, 0.05) is 41.5 Å². The number of rotatable bonds is 7. The third kappa shape index (κ3) is 7.02. The molecule has 0 radical (unpaired) electrons. The van der Waals surface area contributed by atoms with Gasteiger partial charge >= 0.3 is 0 Å². The highest BCUT2D eigenvalue weighted by molar-refractivity contribution is 6.00. The van der Waals surface area contributed by atoms with Gasteiger partial charge in [-0.05, 0) is 69.5 Å². The molecule has 2 fully saturated rings. The maximum absolute atomic E-state index is 13.0. The minimum Gasteiger partial charge on any atom is -0.385 e. The van der Waals surface area contributed by atoms with Gasteiger partial charge in [-0.2, -0.15) is 4.98 Å². The molecule has 5 rings (SSSR count). The fraction of sp³-hybridized carbons (Fsp3) is 0.484. The second-order valence-corrected chi connectivity index (χ2v) is 12.5. The van der Waals surface area contributed by atoms with E-state index in [0.717, 1.165) is 31.5 Å². The molecule has 228 valence electrons. The van der Waals surface area contributed by atoms with Gasteiger partial charge < -0.3 is 37.3 Å². The van der Waals surface area contributed by atoms with Gasteiger partial charge in [0.2, 0.25) is 5.95 Å². The number of hydrogen-bond acceptors (Lipinski definition) is 11. The highest BCUT2D eigenvalue weighted by Crippen LogP contribution is 2.30. The van der Waals surface area contributed by atoms with E-state index in [1.165, 1.54) is 44.8 Å². The molecular formula is C31H43N11O. The molecule has 2 aliphatic rings. The molecule has 2 saturated heterocycles. The monoisotopic (exact) mass is 585 g/mol. The van der Waals surface area contributed by atoms with Crippen molar-refractivity contribution in [1.82, 2.24) is 30.2 Å². The van der Waals surface area contributed by atoms with Crippen LogP contribution in [0.2, 0.25) is 0 Å². The average Bonchev–Trinajstić information content (AvgIpc) is 2.98. The summed E-state index contributed by atoms with van der Waals surface area (Å²) in [7, 11) is 0. The van der Waals surface area contributed by atoms with Crippen LogP contribution in [0.15, 0.2) is 36.4 Å². The highest BCUT2D eigenvalue weighted by Gasteiger charge is 2.27. The van der Waals surface area contributed by atoms with Gasteiger partial charge in [0.05, 0.1) is 0 Å². The zero-order valence-electron chi connectivity index (χ0n) is 25.6. The number of carbonyl (C=O) groups is 1. The summed E-state index contributed by atoms with van der Waals surface area (Å²) in [4.78, 5) is 36.2. The summed E-state index contributed by atoms with van der Waals surface area (Å²) in [5, 5.41) is 14.2. The maximum atomic E-state index is 13.0. The number of nitrogens with zero attached hydrogens (tertiary/aromatic N) is 6. The Morgan fingerprint density at radius 1 is 1.05 bits per heavy atom. The predicted octanol–water partition coefficient (Wildman–Crippen LogP) is 4.10. The first-order valence-corrected chi connectivity index (χ1v) is 15.0. The molecular weight excluding hydrogens is 542 g/mol. The van der Waals surface area contributed by atoms with Crippen molar-refractivity contribution in [2.24, 2.45) is 11.1 Å². The van der Waals surface area contributed by atoms with E-state index in [1.807, 2.05) is 33.8 Å². The largest absolute Gasteiger partial charge is 0.385 e. The molecule has 2 aliphatic heterocycles. The number of aromatic nitrogens is 4. The van der Waals surface area contributed by atoms with Gasteiger partial charge in [0.1, 0.15) is 23.2 Å². The van der Waals surface area contributed by atoms with Crippen molar-refractivity contribution in [2.45, 2.75) is 65.8 Å². The van der Waals surface area contributed by atoms with E-state index in [1.54, 1.807) is 12.1 Å². The number of nitrogen functional groups attached to an aromatic ring is 1. The van der Waals surface area contributed by atoms with Crippen molar-refractivity contribution >= 4 is 45.9 Å². The SMILES string of the molecule is Cc1ccc(C(=O)N/C(N)=C/C(=N)C(C)(C)C)cc1Nc1ncnc2c(N)nc(N3CCC(N4CCCCC4)CC3)nc12. The molecule has 0 spiro atoms. The molecule has 1 aromatic carbocycles.